The number of hydrogen-bond acceptors (Lipinski definition) is 3. The number of rotatable bonds is 3. The van der Waals surface area contributed by atoms with Crippen LogP contribution < -0.4 is 0 Å². The molecule has 0 aromatic heterocycles. The van der Waals surface area contributed by atoms with Gasteiger partial charge in [0.15, 0.2) is 0 Å². The van der Waals surface area contributed by atoms with Gasteiger partial charge in [-0.15, -0.1) is 0 Å². The first-order chi connectivity index (χ1) is 9.33. The van der Waals surface area contributed by atoms with Crippen molar-refractivity contribution in [2.45, 2.75) is 57.5 Å². The van der Waals surface area contributed by atoms with Gasteiger partial charge in [-0.05, 0) is 58.0 Å². The fraction of sp³-hybridized carbons (Fsp3) is 1.00. The molecule has 3 heteroatoms. The molecule has 0 bridgehead atoms. The Morgan fingerprint density at radius 3 is 2.79 bits per heavy atom. The fourth-order valence-electron chi connectivity index (χ4n) is 4.15. The van der Waals surface area contributed by atoms with Crippen molar-refractivity contribution in [3.8, 4) is 0 Å². The lowest BCUT2D eigenvalue weighted by Crippen LogP contribution is -2.48. The van der Waals surface area contributed by atoms with Crippen molar-refractivity contribution in [2.24, 2.45) is 5.92 Å². The Labute approximate surface area is 118 Å². The van der Waals surface area contributed by atoms with Crippen LogP contribution in [0.4, 0.5) is 0 Å². The Kier molecular flexibility index (Phi) is 4.78. The van der Waals surface area contributed by atoms with Crippen LogP contribution in [0.5, 0.6) is 0 Å². The summed E-state index contributed by atoms with van der Waals surface area (Å²) in [5, 5.41) is 0. The highest BCUT2D eigenvalue weighted by Crippen LogP contribution is 2.25. The molecule has 3 aliphatic rings. The highest BCUT2D eigenvalue weighted by atomic mass is 16.5. The average molecular weight is 266 g/mol. The minimum atomic E-state index is 0.724. The van der Waals surface area contributed by atoms with Crippen LogP contribution in [-0.2, 0) is 4.74 Å². The predicted molar refractivity (Wildman–Crippen MR) is 78.4 cm³/mol. The molecular weight excluding hydrogens is 236 g/mol. The van der Waals surface area contributed by atoms with Gasteiger partial charge in [0.2, 0.25) is 0 Å². The van der Waals surface area contributed by atoms with Crippen LogP contribution in [0.2, 0.25) is 0 Å². The first kappa shape index (κ1) is 13.8. The predicted octanol–water partition coefficient (Wildman–Crippen LogP) is 2.36. The molecule has 3 rings (SSSR count). The Morgan fingerprint density at radius 1 is 1.05 bits per heavy atom. The van der Waals surface area contributed by atoms with E-state index in [0.717, 1.165) is 31.2 Å². The summed E-state index contributed by atoms with van der Waals surface area (Å²) in [4.78, 5) is 5.47. The van der Waals surface area contributed by atoms with Crippen molar-refractivity contribution >= 4 is 0 Å². The largest absolute Gasteiger partial charge is 0.380 e. The van der Waals surface area contributed by atoms with Crippen LogP contribution in [-0.4, -0.2) is 61.3 Å². The van der Waals surface area contributed by atoms with Crippen LogP contribution in [0.3, 0.4) is 0 Å². The van der Waals surface area contributed by atoms with Gasteiger partial charge in [0, 0.05) is 31.8 Å². The summed E-state index contributed by atoms with van der Waals surface area (Å²) in [6, 6.07) is 1.54. The molecule has 3 heterocycles. The van der Waals surface area contributed by atoms with Gasteiger partial charge in [0.25, 0.3) is 0 Å². The third-order valence-electron chi connectivity index (χ3n) is 5.41. The molecule has 0 aromatic carbocycles. The first-order valence-corrected chi connectivity index (χ1v) is 8.39. The van der Waals surface area contributed by atoms with E-state index >= 15 is 0 Å². The molecule has 0 radical (unpaired) electrons. The van der Waals surface area contributed by atoms with Crippen molar-refractivity contribution in [3.05, 3.63) is 0 Å². The Morgan fingerprint density at radius 2 is 2.00 bits per heavy atom. The fourth-order valence-corrected chi connectivity index (χ4v) is 4.15. The quantitative estimate of drug-likeness (QED) is 0.780. The Balaban J connectivity index is 1.50. The lowest BCUT2D eigenvalue weighted by atomic mass is 9.93. The van der Waals surface area contributed by atoms with Crippen LogP contribution in [0.25, 0.3) is 0 Å². The zero-order valence-corrected chi connectivity index (χ0v) is 12.5. The van der Waals surface area contributed by atoms with E-state index in [-0.39, 0.29) is 0 Å². The van der Waals surface area contributed by atoms with E-state index in [1.165, 1.54) is 64.7 Å². The van der Waals surface area contributed by atoms with Crippen molar-refractivity contribution in [1.82, 2.24) is 9.80 Å². The molecule has 0 amide bonds. The van der Waals surface area contributed by atoms with Gasteiger partial charge in [-0.1, -0.05) is 6.42 Å². The van der Waals surface area contributed by atoms with Crippen molar-refractivity contribution in [2.75, 3.05) is 39.4 Å². The Hall–Kier alpha value is -0.120. The van der Waals surface area contributed by atoms with E-state index in [2.05, 4.69) is 16.7 Å². The van der Waals surface area contributed by atoms with Gasteiger partial charge >= 0.3 is 0 Å². The molecule has 0 saturated carbocycles. The summed E-state index contributed by atoms with van der Waals surface area (Å²) in [6.45, 7) is 9.68. The third-order valence-corrected chi connectivity index (χ3v) is 5.41. The number of nitrogens with zero attached hydrogens (tertiary/aromatic N) is 2. The maximum Gasteiger partial charge on any atom is 0.0622 e. The van der Waals surface area contributed by atoms with Crippen LogP contribution in [0.1, 0.15) is 45.4 Å². The minimum absolute atomic E-state index is 0.724. The highest BCUT2D eigenvalue weighted by Gasteiger charge is 2.30. The second-order valence-corrected chi connectivity index (χ2v) is 6.86. The molecule has 3 saturated heterocycles. The minimum Gasteiger partial charge on any atom is -0.380 e. The summed E-state index contributed by atoms with van der Waals surface area (Å²) >= 11 is 0. The zero-order chi connectivity index (χ0) is 13.1. The van der Waals surface area contributed by atoms with Gasteiger partial charge < -0.3 is 9.64 Å². The summed E-state index contributed by atoms with van der Waals surface area (Å²) in [7, 11) is 0. The first-order valence-electron chi connectivity index (χ1n) is 8.39. The lowest BCUT2D eigenvalue weighted by molar-refractivity contribution is 0.0682. The maximum absolute atomic E-state index is 5.56. The average Bonchev–Trinajstić information content (AvgIpc) is 2.96. The van der Waals surface area contributed by atoms with Crippen LogP contribution >= 0.6 is 0 Å². The van der Waals surface area contributed by atoms with E-state index < -0.39 is 0 Å². The van der Waals surface area contributed by atoms with E-state index in [1.807, 2.05) is 0 Å². The summed E-state index contributed by atoms with van der Waals surface area (Å²) in [5.41, 5.74) is 0. The van der Waals surface area contributed by atoms with Gasteiger partial charge in [0.05, 0.1) is 6.61 Å². The van der Waals surface area contributed by atoms with E-state index in [4.69, 9.17) is 4.74 Å². The van der Waals surface area contributed by atoms with Gasteiger partial charge in [0.1, 0.15) is 0 Å². The molecular formula is C16H30N2O. The molecule has 0 aliphatic carbocycles. The van der Waals surface area contributed by atoms with Crippen molar-refractivity contribution in [3.63, 3.8) is 0 Å². The normalized spacial score (nSPS) is 38.7. The van der Waals surface area contributed by atoms with Gasteiger partial charge in [-0.25, -0.2) is 0 Å². The molecule has 0 aromatic rings. The SMILES string of the molecule is C[C@@H]1CCCCN1C[C@@H]1CCCN([C@@H]2CCOC2)C1. The Bertz CT molecular complexity index is 278. The number of ether oxygens (including phenoxy) is 1. The van der Waals surface area contributed by atoms with Crippen LogP contribution in [0.15, 0.2) is 0 Å². The molecule has 3 atom stereocenters. The summed E-state index contributed by atoms with van der Waals surface area (Å²) in [5.74, 6) is 0.898. The van der Waals surface area contributed by atoms with Crippen LogP contribution in [0, 0.1) is 5.92 Å². The molecule has 0 spiro atoms. The molecule has 19 heavy (non-hydrogen) atoms. The second-order valence-electron chi connectivity index (χ2n) is 6.86. The topological polar surface area (TPSA) is 15.7 Å². The third kappa shape index (κ3) is 3.50. The van der Waals surface area contributed by atoms with Crippen molar-refractivity contribution in [1.29, 1.82) is 0 Å². The lowest BCUT2D eigenvalue weighted by Gasteiger charge is -2.41. The molecule has 3 nitrogen and oxygen atoms in total. The molecule has 110 valence electrons. The van der Waals surface area contributed by atoms with E-state index in [0.29, 0.717) is 0 Å². The number of likely N-dealkylation sites (tertiary alicyclic amines) is 2. The van der Waals surface area contributed by atoms with E-state index in [9.17, 15) is 0 Å². The zero-order valence-electron chi connectivity index (χ0n) is 12.5. The molecule has 3 aliphatic heterocycles. The monoisotopic (exact) mass is 266 g/mol. The number of hydrogen-bond donors (Lipinski definition) is 0. The standard InChI is InChI=1S/C16H30N2O/c1-14-5-2-3-8-17(14)11-15-6-4-9-18(12-15)16-7-10-19-13-16/h14-16H,2-13H2,1H3/t14-,15+,16-/m1/s1. The second kappa shape index (κ2) is 6.55. The van der Waals surface area contributed by atoms with Gasteiger partial charge in [-0.3, -0.25) is 4.90 Å². The highest BCUT2D eigenvalue weighted by molar-refractivity contribution is 4.84. The molecule has 3 fully saturated rings. The van der Waals surface area contributed by atoms with Gasteiger partial charge in [-0.2, -0.15) is 0 Å². The number of piperidine rings is 2. The molecule has 0 unspecified atom stereocenters. The van der Waals surface area contributed by atoms with E-state index in [1.54, 1.807) is 0 Å². The van der Waals surface area contributed by atoms with Crippen molar-refractivity contribution < 1.29 is 4.74 Å². The smallest absolute Gasteiger partial charge is 0.0622 e. The molecule has 0 N–H and O–H groups in total. The summed E-state index contributed by atoms with van der Waals surface area (Å²) in [6.07, 6.45) is 8.35. The summed E-state index contributed by atoms with van der Waals surface area (Å²) < 4.78 is 5.56. The maximum atomic E-state index is 5.56.